The zero-order chi connectivity index (χ0) is 11.9. The minimum atomic E-state index is 1.06. The van der Waals surface area contributed by atoms with E-state index in [-0.39, 0.29) is 0 Å². The van der Waals surface area contributed by atoms with Gasteiger partial charge in [-0.2, -0.15) is 0 Å². The van der Waals surface area contributed by atoms with Crippen LogP contribution in [-0.4, -0.2) is 24.2 Å². The van der Waals surface area contributed by atoms with Gasteiger partial charge in [0.25, 0.3) is 0 Å². The molecule has 1 nitrogen and oxygen atoms in total. The van der Waals surface area contributed by atoms with Crippen LogP contribution in [0.25, 0.3) is 0 Å². The van der Waals surface area contributed by atoms with Gasteiger partial charge in [0.15, 0.2) is 0 Å². The van der Waals surface area contributed by atoms with E-state index in [1.54, 1.807) is 0 Å². The van der Waals surface area contributed by atoms with Crippen molar-refractivity contribution in [2.75, 3.05) is 19.3 Å². The minimum absolute atomic E-state index is 1.06. The van der Waals surface area contributed by atoms with E-state index < -0.39 is 0 Å². The molecule has 0 spiro atoms. The number of hydrogen-bond donors (Lipinski definition) is 0. The van der Waals surface area contributed by atoms with Crippen LogP contribution in [0.1, 0.15) is 4.88 Å². The molecule has 1 aromatic carbocycles. The summed E-state index contributed by atoms with van der Waals surface area (Å²) < 4.78 is 0. The summed E-state index contributed by atoms with van der Waals surface area (Å²) in [5.74, 6) is 1.14. The van der Waals surface area contributed by atoms with Crippen LogP contribution >= 0.6 is 23.1 Å². The van der Waals surface area contributed by atoms with E-state index in [1.165, 1.54) is 9.77 Å². The molecule has 0 saturated carbocycles. The Morgan fingerprint density at radius 3 is 2.65 bits per heavy atom. The van der Waals surface area contributed by atoms with Gasteiger partial charge in [-0.1, -0.05) is 24.3 Å². The van der Waals surface area contributed by atoms with Crippen molar-refractivity contribution in [2.45, 2.75) is 11.4 Å². The molecule has 0 bridgehead atoms. The molecular formula is C14H17NS2. The van der Waals surface area contributed by atoms with E-state index in [4.69, 9.17) is 0 Å². The smallest absolute Gasteiger partial charge is 0.0325 e. The number of thioether (sulfide) groups is 1. The highest BCUT2D eigenvalue weighted by Crippen LogP contribution is 2.17. The number of hydrogen-bond acceptors (Lipinski definition) is 3. The molecular weight excluding hydrogens is 246 g/mol. The summed E-state index contributed by atoms with van der Waals surface area (Å²) in [6.45, 7) is 2.18. The van der Waals surface area contributed by atoms with Crippen molar-refractivity contribution in [1.29, 1.82) is 0 Å². The van der Waals surface area contributed by atoms with Crippen molar-refractivity contribution in [3.05, 3.63) is 52.7 Å². The summed E-state index contributed by atoms with van der Waals surface area (Å²) in [5.41, 5.74) is 0. The Bertz CT molecular complexity index is 411. The van der Waals surface area contributed by atoms with Gasteiger partial charge in [-0.05, 0) is 30.6 Å². The normalized spacial score (nSPS) is 10.9. The SMILES string of the molecule is CN(CCSc1ccccc1)Cc1cccs1. The first-order chi connectivity index (χ1) is 8.34. The predicted octanol–water partition coefficient (Wildman–Crippen LogP) is 3.97. The molecule has 1 heterocycles. The van der Waals surface area contributed by atoms with Gasteiger partial charge < -0.3 is 4.90 Å². The lowest BCUT2D eigenvalue weighted by Crippen LogP contribution is -2.20. The molecule has 17 heavy (non-hydrogen) atoms. The van der Waals surface area contributed by atoms with Crippen LogP contribution < -0.4 is 0 Å². The molecule has 0 aliphatic carbocycles. The highest BCUT2D eigenvalue weighted by molar-refractivity contribution is 7.99. The zero-order valence-electron chi connectivity index (χ0n) is 10.0. The lowest BCUT2D eigenvalue weighted by molar-refractivity contribution is 0.352. The average molecular weight is 263 g/mol. The van der Waals surface area contributed by atoms with Crippen molar-refractivity contribution in [3.63, 3.8) is 0 Å². The molecule has 3 heteroatoms. The monoisotopic (exact) mass is 263 g/mol. The van der Waals surface area contributed by atoms with E-state index in [9.17, 15) is 0 Å². The van der Waals surface area contributed by atoms with Crippen molar-refractivity contribution in [1.82, 2.24) is 4.90 Å². The molecule has 0 N–H and O–H groups in total. The van der Waals surface area contributed by atoms with Gasteiger partial charge in [0.2, 0.25) is 0 Å². The van der Waals surface area contributed by atoms with Crippen molar-refractivity contribution >= 4 is 23.1 Å². The van der Waals surface area contributed by atoms with Gasteiger partial charge in [0.05, 0.1) is 0 Å². The highest BCUT2D eigenvalue weighted by atomic mass is 32.2. The fourth-order valence-corrected chi connectivity index (χ4v) is 3.36. The second-order valence-electron chi connectivity index (χ2n) is 3.98. The van der Waals surface area contributed by atoms with Crippen LogP contribution in [-0.2, 0) is 6.54 Å². The third-order valence-electron chi connectivity index (χ3n) is 2.49. The summed E-state index contributed by atoms with van der Waals surface area (Å²) in [7, 11) is 2.19. The van der Waals surface area contributed by atoms with E-state index in [1.807, 2.05) is 23.1 Å². The summed E-state index contributed by atoms with van der Waals surface area (Å²) in [6.07, 6.45) is 0. The molecule has 0 aliphatic heterocycles. The molecule has 0 unspecified atom stereocenters. The van der Waals surface area contributed by atoms with Crippen molar-refractivity contribution in [3.8, 4) is 0 Å². The quantitative estimate of drug-likeness (QED) is 0.725. The zero-order valence-corrected chi connectivity index (χ0v) is 11.6. The summed E-state index contributed by atoms with van der Waals surface area (Å²) >= 11 is 3.76. The van der Waals surface area contributed by atoms with E-state index in [0.29, 0.717) is 0 Å². The van der Waals surface area contributed by atoms with Gasteiger partial charge in [0.1, 0.15) is 0 Å². The Kier molecular flexibility index (Phi) is 5.10. The van der Waals surface area contributed by atoms with Crippen LogP contribution in [0.15, 0.2) is 52.7 Å². The maximum atomic E-state index is 2.38. The second-order valence-corrected chi connectivity index (χ2v) is 6.18. The Morgan fingerprint density at radius 1 is 1.12 bits per heavy atom. The Labute approximate surface area is 111 Å². The first kappa shape index (κ1) is 12.7. The van der Waals surface area contributed by atoms with Gasteiger partial charge in [-0.15, -0.1) is 23.1 Å². The van der Waals surface area contributed by atoms with Crippen LogP contribution in [0.2, 0.25) is 0 Å². The van der Waals surface area contributed by atoms with Crippen molar-refractivity contribution in [2.24, 2.45) is 0 Å². The van der Waals surface area contributed by atoms with Crippen LogP contribution in [0.3, 0.4) is 0 Å². The molecule has 0 radical (unpaired) electrons. The third kappa shape index (κ3) is 4.54. The summed E-state index contributed by atoms with van der Waals surface area (Å²) in [6, 6.07) is 14.9. The topological polar surface area (TPSA) is 3.24 Å². The van der Waals surface area contributed by atoms with Gasteiger partial charge in [-0.25, -0.2) is 0 Å². The number of thiophene rings is 1. The van der Waals surface area contributed by atoms with E-state index >= 15 is 0 Å². The Morgan fingerprint density at radius 2 is 1.94 bits per heavy atom. The molecule has 0 amide bonds. The van der Waals surface area contributed by atoms with Crippen LogP contribution in [0, 0.1) is 0 Å². The average Bonchev–Trinajstić information content (AvgIpc) is 2.83. The number of nitrogens with zero attached hydrogens (tertiary/aromatic N) is 1. The molecule has 0 saturated heterocycles. The summed E-state index contributed by atoms with van der Waals surface area (Å²) in [5, 5.41) is 2.14. The Balaban J connectivity index is 1.68. The maximum Gasteiger partial charge on any atom is 0.0325 e. The third-order valence-corrected chi connectivity index (χ3v) is 4.34. The minimum Gasteiger partial charge on any atom is -0.300 e. The largest absolute Gasteiger partial charge is 0.300 e. The lowest BCUT2D eigenvalue weighted by atomic mass is 10.4. The number of rotatable bonds is 6. The molecule has 0 atom stereocenters. The first-order valence-corrected chi connectivity index (χ1v) is 7.60. The highest BCUT2D eigenvalue weighted by Gasteiger charge is 2.01. The van der Waals surface area contributed by atoms with Gasteiger partial charge in [-0.3, -0.25) is 0 Å². The van der Waals surface area contributed by atoms with E-state index in [2.05, 4.69) is 59.8 Å². The van der Waals surface area contributed by atoms with Crippen LogP contribution in [0.5, 0.6) is 0 Å². The molecule has 1 aromatic heterocycles. The van der Waals surface area contributed by atoms with E-state index in [0.717, 1.165) is 18.8 Å². The lowest BCUT2D eigenvalue weighted by Gasteiger charge is -2.15. The summed E-state index contributed by atoms with van der Waals surface area (Å²) in [4.78, 5) is 5.18. The molecule has 0 aliphatic rings. The van der Waals surface area contributed by atoms with Crippen molar-refractivity contribution < 1.29 is 0 Å². The molecule has 2 aromatic rings. The van der Waals surface area contributed by atoms with Crippen LogP contribution in [0.4, 0.5) is 0 Å². The fourth-order valence-electron chi connectivity index (χ4n) is 1.58. The maximum absolute atomic E-state index is 2.38. The second kappa shape index (κ2) is 6.84. The molecule has 2 rings (SSSR count). The first-order valence-electron chi connectivity index (χ1n) is 5.73. The fraction of sp³-hybridized carbons (Fsp3) is 0.286. The predicted molar refractivity (Wildman–Crippen MR) is 77.8 cm³/mol. The Hall–Kier alpha value is -0.770. The standard InChI is InChI=1S/C14H17NS2/c1-15(12-14-8-5-10-16-14)9-11-17-13-6-3-2-4-7-13/h2-8,10H,9,11-12H2,1H3. The van der Waals surface area contributed by atoms with Gasteiger partial charge >= 0.3 is 0 Å². The molecule has 0 fully saturated rings. The number of benzene rings is 1. The van der Waals surface area contributed by atoms with Gasteiger partial charge in [0, 0.05) is 28.6 Å². The molecule has 90 valence electrons.